The van der Waals surface area contributed by atoms with Gasteiger partial charge >= 0.3 is 24.3 Å². The molecule has 18 heteroatoms. The number of ether oxygens (including phenoxy) is 6. The smallest absolute Gasteiger partial charge is 0.416 e. The van der Waals surface area contributed by atoms with E-state index >= 15 is 0 Å². The number of amides is 2. The summed E-state index contributed by atoms with van der Waals surface area (Å²) in [6.07, 6.45) is -7.12. The second kappa shape index (κ2) is 20.6. The molecule has 0 radical (unpaired) electrons. The average Bonchev–Trinajstić information content (AvgIpc) is 3.65. The molecule has 0 unspecified atom stereocenters. The topological polar surface area (TPSA) is 130 Å². The van der Waals surface area contributed by atoms with Gasteiger partial charge in [-0.3, -0.25) is 9.59 Å². The second-order valence-corrected chi connectivity index (χ2v) is 16.2. The standard InChI is InChI=1S/2C24H24F3NO5/c2*1-31-23(30)16-6-7-17-13-28(22(29)15-8-10-32-11-9-15)20(14-33-21(17)12-16)18-4-2-3-5-19(18)24(25,26)27/h2*2-7,12,15,20H,8-11,13-14H2,1H3/t2*20-/m10/s1. The van der Waals surface area contributed by atoms with Gasteiger partial charge in [0.05, 0.1) is 61.6 Å². The van der Waals surface area contributed by atoms with Gasteiger partial charge in [-0.1, -0.05) is 48.5 Å². The quantitative estimate of drug-likeness (QED) is 0.137. The molecule has 8 rings (SSSR count). The first-order valence-corrected chi connectivity index (χ1v) is 21.4. The van der Waals surface area contributed by atoms with Crippen molar-refractivity contribution in [3.05, 3.63) is 129 Å². The molecule has 4 aromatic carbocycles. The first-order valence-electron chi connectivity index (χ1n) is 21.4. The molecule has 0 saturated carbocycles. The highest BCUT2D eigenvalue weighted by Crippen LogP contribution is 2.42. The maximum atomic E-state index is 13.8. The number of carbonyl (C=O) groups is 4. The Kier molecular flexibility index (Phi) is 14.9. The van der Waals surface area contributed by atoms with Crippen LogP contribution >= 0.6 is 0 Å². The van der Waals surface area contributed by atoms with Gasteiger partial charge < -0.3 is 38.2 Å². The minimum atomic E-state index is -4.58. The van der Waals surface area contributed by atoms with Gasteiger partial charge in [0.25, 0.3) is 0 Å². The molecule has 12 nitrogen and oxygen atoms in total. The molecule has 66 heavy (non-hydrogen) atoms. The molecule has 4 aliphatic rings. The van der Waals surface area contributed by atoms with Crippen LogP contribution in [0.4, 0.5) is 26.3 Å². The maximum absolute atomic E-state index is 13.8. The van der Waals surface area contributed by atoms with E-state index in [1.165, 1.54) is 72.6 Å². The van der Waals surface area contributed by atoms with E-state index in [1.807, 2.05) is 0 Å². The summed E-state index contributed by atoms with van der Waals surface area (Å²) in [7, 11) is 2.51. The molecule has 352 valence electrons. The fourth-order valence-corrected chi connectivity index (χ4v) is 8.66. The number of carbonyl (C=O) groups excluding carboxylic acids is 4. The maximum Gasteiger partial charge on any atom is 0.416 e. The molecule has 0 bridgehead atoms. The molecule has 0 aromatic heterocycles. The third kappa shape index (κ3) is 10.8. The van der Waals surface area contributed by atoms with Crippen LogP contribution in [0.2, 0.25) is 0 Å². The average molecular weight is 927 g/mol. The van der Waals surface area contributed by atoms with Crippen LogP contribution in [-0.2, 0) is 54.0 Å². The van der Waals surface area contributed by atoms with Gasteiger partial charge in [0.1, 0.15) is 24.7 Å². The number of hydrogen-bond acceptors (Lipinski definition) is 10. The van der Waals surface area contributed by atoms with E-state index in [1.54, 1.807) is 24.3 Å². The lowest BCUT2D eigenvalue weighted by Gasteiger charge is -2.35. The van der Waals surface area contributed by atoms with Crippen molar-refractivity contribution in [3.63, 3.8) is 0 Å². The molecule has 4 heterocycles. The van der Waals surface area contributed by atoms with Gasteiger partial charge in [-0.15, -0.1) is 0 Å². The molecule has 2 amide bonds. The van der Waals surface area contributed by atoms with Crippen molar-refractivity contribution < 1.29 is 73.9 Å². The number of rotatable bonds is 6. The SMILES string of the molecule is COC(=O)c1ccc2c(c1)OC[C@@H](c1ccccc1C(F)(F)F)N(C(=O)C1CCOCC1)C2.COC(=O)c1ccc2c(c1)OC[C@H](c1ccccc1C(F)(F)F)N(C(=O)C1CCOCC1)C2. The first-order chi connectivity index (χ1) is 31.6. The fourth-order valence-electron chi connectivity index (χ4n) is 8.66. The Labute approximate surface area is 376 Å². The van der Waals surface area contributed by atoms with Crippen LogP contribution in [-0.4, -0.2) is 87.4 Å². The highest BCUT2D eigenvalue weighted by Gasteiger charge is 2.42. The van der Waals surface area contributed by atoms with E-state index in [4.69, 9.17) is 28.4 Å². The minimum Gasteiger partial charge on any atom is -0.491 e. The second-order valence-electron chi connectivity index (χ2n) is 16.2. The van der Waals surface area contributed by atoms with Crippen LogP contribution < -0.4 is 9.47 Å². The third-order valence-corrected chi connectivity index (χ3v) is 12.2. The number of nitrogens with zero attached hydrogens (tertiary/aromatic N) is 2. The van der Waals surface area contributed by atoms with Gasteiger partial charge in [0, 0.05) is 49.4 Å². The van der Waals surface area contributed by atoms with Crippen molar-refractivity contribution >= 4 is 23.8 Å². The molecule has 2 saturated heterocycles. The Morgan fingerprint density at radius 2 is 0.909 bits per heavy atom. The molecule has 0 N–H and O–H groups in total. The van der Waals surface area contributed by atoms with Gasteiger partial charge in [-0.05, 0) is 73.2 Å². The van der Waals surface area contributed by atoms with Crippen LogP contribution in [0.15, 0.2) is 84.9 Å². The Morgan fingerprint density at radius 3 is 1.26 bits per heavy atom. The largest absolute Gasteiger partial charge is 0.491 e. The van der Waals surface area contributed by atoms with Crippen molar-refractivity contribution in [1.82, 2.24) is 9.80 Å². The summed E-state index contributed by atoms with van der Waals surface area (Å²) in [4.78, 5) is 53.9. The molecular formula is C48H48F6N2O10. The van der Waals surface area contributed by atoms with Crippen molar-refractivity contribution in [3.8, 4) is 11.5 Å². The van der Waals surface area contributed by atoms with Gasteiger partial charge in [-0.2, -0.15) is 26.3 Å². The predicted molar refractivity (Wildman–Crippen MR) is 223 cm³/mol. The summed E-state index contributed by atoms with van der Waals surface area (Å²) in [5.41, 5.74) is 0.0810. The third-order valence-electron chi connectivity index (χ3n) is 12.2. The normalized spacial score (nSPS) is 19.3. The van der Waals surface area contributed by atoms with Crippen LogP contribution in [0, 0.1) is 11.8 Å². The fraction of sp³-hybridized carbons (Fsp3) is 0.417. The summed E-state index contributed by atoms with van der Waals surface area (Å²) in [5, 5.41) is 0. The van der Waals surface area contributed by atoms with E-state index in [9.17, 15) is 45.5 Å². The molecular weight excluding hydrogens is 879 g/mol. The number of hydrogen-bond donors (Lipinski definition) is 0. The highest BCUT2D eigenvalue weighted by molar-refractivity contribution is 5.90. The van der Waals surface area contributed by atoms with E-state index in [-0.39, 0.29) is 72.2 Å². The Balaban J connectivity index is 0.000000196. The summed E-state index contributed by atoms with van der Waals surface area (Å²) in [6, 6.07) is 18.0. The lowest BCUT2D eigenvalue weighted by molar-refractivity contribution is -0.145. The van der Waals surface area contributed by atoms with E-state index in [2.05, 4.69) is 0 Å². The van der Waals surface area contributed by atoms with Crippen molar-refractivity contribution in [2.24, 2.45) is 11.8 Å². The van der Waals surface area contributed by atoms with Crippen LogP contribution in [0.3, 0.4) is 0 Å². The van der Waals surface area contributed by atoms with Crippen molar-refractivity contribution in [1.29, 1.82) is 0 Å². The molecule has 2 fully saturated rings. The van der Waals surface area contributed by atoms with Gasteiger partial charge in [-0.25, -0.2) is 9.59 Å². The molecule has 4 aromatic rings. The van der Waals surface area contributed by atoms with E-state index < -0.39 is 47.5 Å². The van der Waals surface area contributed by atoms with Crippen molar-refractivity contribution in [2.45, 2.75) is 63.2 Å². The molecule has 4 aliphatic heterocycles. The zero-order chi connectivity index (χ0) is 47.2. The Morgan fingerprint density at radius 1 is 0.545 bits per heavy atom. The number of benzene rings is 4. The predicted octanol–water partition coefficient (Wildman–Crippen LogP) is 8.76. The number of fused-ring (bicyclic) bond motifs is 2. The Hall–Kier alpha value is -6.14. The zero-order valence-corrected chi connectivity index (χ0v) is 36.1. The van der Waals surface area contributed by atoms with Gasteiger partial charge in [0.2, 0.25) is 11.8 Å². The molecule has 2 atom stereocenters. The number of esters is 2. The monoisotopic (exact) mass is 926 g/mol. The Bertz CT molecular complexity index is 2230. The minimum absolute atomic E-state index is 0.0218. The van der Waals surface area contributed by atoms with Gasteiger partial charge in [0.15, 0.2) is 0 Å². The summed E-state index contributed by atoms with van der Waals surface area (Å²) < 4.78 is 115. The molecule has 0 aliphatic carbocycles. The van der Waals surface area contributed by atoms with Crippen LogP contribution in [0.25, 0.3) is 0 Å². The van der Waals surface area contributed by atoms with Crippen molar-refractivity contribution in [2.75, 3.05) is 53.9 Å². The lowest BCUT2D eigenvalue weighted by Crippen LogP contribution is -2.42. The van der Waals surface area contributed by atoms with E-state index in [0.717, 1.165) is 12.1 Å². The summed E-state index contributed by atoms with van der Waals surface area (Å²) in [6.45, 7) is 1.49. The lowest BCUT2D eigenvalue weighted by atomic mass is 9.94. The number of halogens is 6. The summed E-state index contributed by atoms with van der Waals surface area (Å²) in [5.74, 6) is -1.56. The highest BCUT2D eigenvalue weighted by atomic mass is 19.4. The zero-order valence-electron chi connectivity index (χ0n) is 36.1. The van der Waals surface area contributed by atoms with Crippen LogP contribution in [0.5, 0.6) is 11.5 Å². The number of alkyl halides is 6. The van der Waals surface area contributed by atoms with Crippen LogP contribution in [0.1, 0.15) is 91.9 Å². The summed E-state index contributed by atoms with van der Waals surface area (Å²) >= 11 is 0. The molecule has 0 spiro atoms. The first kappa shape index (κ1) is 47.8. The van der Waals surface area contributed by atoms with E-state index in [0.29, 0.717) is 74.7 Å². The number of methoxy groups -OCH3 is 2.